The average molecular weight is 451 g/mol. The summed E-state index contributed by atoms with van der Waals surface area (Å²) in [5, 5.41) is 13.7. The summed E-state index contributed by atoms with van der Waals surface area (Å²) in [4.78, 5) is 25.3. The molecule has 0 saturated carbocycles. The quantitative estimate of drug-likeness (QED) is 0.154. The molecule has 0 aliphatic heterocycles. The maximum absolute atomic E-state index is 12.5. The molecule has 1 aromatic rings. The zero-order valence-electron chi connectivity index (χ0n) is 17.4. The van der Waals surface area contributed by atoms with Gasteiger partial charge in [-0.05, 0) is 50.0 Å². The fourth-order valence-electron chi connectivity index (χ4n) is 2.55. The second-order valence-electron chi connectivity index (χ2n) is 7.02. The smallest absolute Gasteiger partial charge is 0.252 e. The summed E-state index contributed by atoms with van der Waals surface area (Å²) in [6.45, 7) is 11.5. The molecule has 2 amide bonds. The first-order chi connectivity index (χ1) is 14.1. The van der Waals surface area contributed by atoms with Crippen molar-refractivity contribution in [3.05, 3.63) is 81.6 Å². The Labute approximate surface area is 188 Å². The molecule has 162 valence electrons. The van der Waals surface area contributed by atoms with Gasteiger partial charge in [0.25, 0.3) is 5.91 Å². The minimum atomic E-state index is -0.418. The maximum atomic E-state index is 12.5. The third kappa shape index (κ3) is 9.33. The van der Waals surface area contributed by atoms with Gasteiger partial charge in [0.1, 0.15) is 0 Å². The number of carbonyl (C=O) groups is 2. The van der Waals surface area contributed by atoms with E-state index in [1.807, 2.05) is 13.0 Å². The van der Waals surface area contributed by atoms with Crippen molar-refractivity contribution >= 4 is 35.5 Å². The van der Waals surface area contributed by atoms with E-state index >= 15 is 0 Å². The van der Waals surface area contributed by atoms with E-state index in [9.17, 15) is 14.7 Å². The summed E-state index contributed by atoms with van der Waals surface area (Å²) in [5.74, 6) is -0.550. The van der Waals surface area contributed by atoms with E-state index in [4.69, 9.17) is 23.2 Å². The minimum absolute atomic E-state index is 0.0234. The molecule has 0 radical (unpaired) electrons. The number of carbonyl (C=O) groups excluding carboxylic acids is 2. The van der Waals surface area contributed by atoms with E-state index in [2.05, 4.69) is 18.5 Å². The second kappa shape index (κ2) is 12.9. The number of halogens is 2. The van der Waals surface area contributed by atoms with Crippen LogP contribution < -0.4 is 5.32 Å². The Morgan fingerprint density at radius 2 is 1.87 bits per heavy atom. The molecule has 0 aliphatic carbocycles. The first-order valence-corrected chi connectivity index (χ1v) is 10.2. The highest BCUT2D eigenvalue weighted by Gasteiger charge is 2.16. The van der Waals surface area contributed by atoms with Crippen molar-refractivity contribution in [2.24, 2.45) is 0 Å². The molecule has 7 heteroatoms. The van der Waals surface area contributed by atoms with Gasteiger partial charge in [-0.3, -0.25) is 9.59 Å². The topological polar surface area (TPSA) is 69.6 Å². The van der Waals surface area contributed by atoms with Crippen LogP contribution in [0.1, 0.15) is 25.8 Å². The van der Waals surface area contributed by atoms with Gasteiger partial charge in [0.15, 0.2) is 0 Å². The number of hydrogen-bond acceptors (Lipinski definition) is 3. The zero-order valence-corrected chi connectivity index (χ0v) is 18.9. The molecule has 0 aliphatic rings. The van der Waals surface area contributed by atoms with Crippen LogP contribution in [0.5, 0.6) is 0 Å². The van der Waals surface area contributed by atoms with Crippen molar-refractivity contribution in [3.63, 3.8) is 0 Å². The maximum Gasteiger partial charge on any atom is 0.252 e. The molecule has 0 saturated heterocycles. The number of nitrogens with zero attached hydrogens (tertiary/aromatic N) is 1. The fourth-order valence-corrected chi connectivity index (χ4v) is 2.87. The van der Waals surface area contributed by atoms with Crippen molar-refractivity contribution in [2.45, 2.75) is 26.7 Å². The van der Waals surface area contributed by atoms with E-state index < -0.39 is 5.91 Å². The van der Waals surface area contributed by atoms with Gasteiger partial charge >= 0.3 is 0 Å². The van der Waals surface area contributed by atoms with Gasteiger partial charge in [0, 0.05) is 13.1 Å². The molecule has 2 N–H and O–H groups in total. The van der Waals surface area contributed by atoms with E-state index in [1.165, 1.54) is 11.8 Å². The van der Waals surface area contributed by atoms with Crippen LogP contribution in [0.2, 0.25) is 10.0 Å². The van der Waals surface area contributed by atoms with Gasteiger partial charge in [0.2, 0.25) is 6.41 Å². The molecule has 0 fully saturated rings. The lowest BCUT2D eigenvalue weighted by Gasteiger charge is -2.20. The number of rotatable bonds is 12. The van der Waals surface area contributed by atoms with Crippen LogP contribution >= 0.6 is 23.2 Å². The molecule has 0 unspecified atom stereocenters. The Hall–Kier alpha value is -2.50. The van der Waals surface area contributed by atoms with Crippen LogP contribution in [0.15, 0.2) is 66.0 Å². The Morgan fingerprint density at radius 3 is 2.43 bits per heavy atom. The van der Waals surface area contributed by atoms with Gasteiger partial charge < -0.3 is 15.3 Å². The van der Waals surface area contributed by atoms with Crippen molar-refractivity contribution in [3.8, 4) is 0 Å². The molecule has 0 heterocycles. The molecule has 0 atom stereocenters. The molecular formula is C23H28Cl2N2O3. The molecule has 0 aromatic heterocycles. The molecule has 0 spiro atoms. The largest absolute Gasteiger partial charge is 0.512 e. The number of benzene rings is 1. The van der Waals surface area contributed by atoms with Crippen LogP contribution in [0.3, 0.4) is 0 Å². The third-order valence-corrected chi connectivity index (χ3v) is 4.88. The number of aliphatic hydroxyl groups excluding tert-OH is 1. The first kappa shape index (κ1) is 25.5. The predicted octanol–water partition coefficient (Wildman–Crippen LogP) is 5.02. The normalized spacial score (nSPS) is 11.7. The summed E-state index contributed by atoms with van der Waals surface area (Å²) in [5.41, 5.74) is 2.69. The van der Waals surface area contributed by atoms with Gasteiger partial charge in [-0.25, -0.2) is 0 Å². The average Bonchev–Trinajstić information content (AvgIpc) is 2.68. The Bertz CT molecular complexity index is 856. The van der Waals surface area contributed by atoms with Crippen molar-refractivity contribution in [1.82, 2.24) is 10.2 Å². The number of nitrogens with one attached hydrogen (secondary N) is 1. The van der Waals surface area contributed by atoms with Crippen molar-refractivity contribution < 1.29 is 14.7 Å². The van der Waals surface area contributed by atoms with Gasteiger partial charge in [0.05, 0.1) is 27.9 Å². The van der Waals surface area contributed by atoms with Gasteiger partial charge in [-0.1, -0.05) is 60.2 Å². The highest BCUT2D eigenvalue weighted by Crippen LogP contribution is 2.23. The monoisotopic (exact) mass is 450 g/mol. The van der Waals surface area contributed by atoms with Gasteiger partial charge in [-0.2, -0.15) is 0 Å². The molecule has 30 heavy (non-hydrogen) atoms. The summed E-state index contributed by atoms with van der Waals surface area (Å²) in [6.07, 6.45) is 5.57. The number of aliphatic hydroxyl groups is 1. The predicted molar refractivity (Wildman–Crippen MR) is 124 cm³/mol. The Kier molecular flexibility index (Phi) is 11.0. The Balaban J connectivity index is 2.59. The number of hydrogen-bond donors (Lipinski definition) is 2. The molecular weight excluding hydrogens is 423 g/mol. The lowest BCUT2D eigenvalue weighted by molar-refractivity contribution is -0.119. The minimum Gasteiger partial charge on any atom is -0.512 e. The van der Waals surface area contributed by atoms with Crippen LogP contribution in [0.4, 0.5) is 0 Å². The lowest BCUT2D eigenvalue weighted by Crippen LogP contribution is -2.34. The van der Waals surface area contributed by atoms with Crippen LogP contribution in [-0.4, -0.2) is 42.0 Å². The van der Waals surface area contributed by atoms with Crippen molar-refractivity contribution in [2.75, 3.05) is 19.6 Å². The van der Waals surface area contributed by atoms with E-state index in [1.54, 1.807) is 24.3 Å². The molecule has 5 nitrogen and oxygen atoms in total. The summed E-state index contributed by atoms with van der Waals surface area (Å²) in [6, 6.07) is 5.42. The summed E-state index contributed by atoms with van der Waals surface area (Å²) >= 11 is 11.9. The lowest BCUT2D eigenvalue weighted by atomic mass is 10.1. The standard InChI is InChI=1S/C23H28Cl2N2O3/c1-16(2)7-8-17(3)13-27(15-28)14-20(18(4)29)23(30)26-11-5-6-19-9-10-21(24)22(25)12-19/h7-10,12,15,29H,1,3,5-6,11,13-14H2,2,4H3,(H,26,30)/b8-7-,20-18-. The molecule has 0 bridgehead atoms. The van der Waals surface area contributed by atoms with Crippen molar-refractivity contribution in [1.29, 1.82) is 0 Å². The van der Waals surface area contributed by atoms with Crippen LogP contribution in [-0.2, 0) is 16.0 Å². The highest BCUT2D eigenvalue weighted by molar-refractivity contribution is 6.42. The van der Waals surface area contributed by atoms with E-state index in [0.717, 1.165) is 11.1 Å². The number of aryl methyl sites for hydroxylation is 1. The number of amides is 2. The van der Waals surface area contributed by atoms with E-state index in [0.29, 0.717) is 41.4 Å². The Morgan fingerprint density at radius 1 is 1.17 bits per heavy atom. The van der Waals surface area contributed by atoms with Crippen LogP contribution in [0.25, 0.3) is 0 Å². The zero-order chi connectivity index (χ0) is 22.7. The SMILES string of the molecule is C=C(C)/C=C\C(=C)CN(C=O)C/C(C(=O)NCCCc1ccc(Cl)c(Cl)c1)=C(\C)O. The highest BCUT2D eigenvalue weighted by atomic mass is 35.5. The fraction of sp³-hybridized carbons (Fsp3) is 0.304. The number of allylic oxidation sites excluding steroid dienone is 3. The molecule has 1 aromatic carbocycles. The summed E-state index contributed by atoms with van der Waals surface area (Å²) in [7, 11) is 0. The third-order valence-electron chi connectivity index (χ3n) is 4.14. The summed E-state index contributed by atoms with van der Waals surface area (Å²) < 4.78 is 0. The van der Waals surface area contributed by atoms with Gasteiger partial charge in [-0.15, -0.1) is 0 Å². The van der Waals surface area contributed by atoms with Crippen LogP contribution in [0, 0.1) is 0 Å². The first-order valence-electron chi connectivity index (χ1n) is 9.45. The van der Waals surface area contributed by atoms with E-state index in [-0.39, 0.29) is 24.4 Å². The second-order valence-corrected chi connectivity index (χ2v) is 7.83. The molecule has 1 rings (SSSR count).